The molecule has 0 unspecified atom stereocenters. The quantitative estimate of drug-likeness (QED) is 0.919. The molecule has 0 aliphatic carbocycles. The summed E-state index contributed by atoms with van der Waals surface area (Å²) in [7, 11) is -0.625. The van der Waals surface area contributed by atoms with E-state index in [0.29, 0.717) is 17.2 Å². The van der Waals surface area contributed by atoms with Crippen LogP contribution in [0.2, 0.25) is 0 Å². The molecule has 1 N–H and O–H groups in total. The Hall–Kier alpha value is -2.21. The van der Waals surface area contributed by atoms with Crippen LogP contribution in [0, 0.1) is 13.8 Å². The third kappa shape index (κ3) is 3.17. The minimum Gasteiger partial charge on any atom is -0.496 e. The highest BCUT2D eigenvalue weighted by Crippen LogP contribution is 2.36. The zero-order valence-electron chi connectivity index (χ0n) is 13.0. The van der Waals surface area contributed by atoms with E-state index in [1.54, 1.807) is 50.4 Å². The SMILES string of the molecule is COc1ccc(NS(=O)(=O)c2ccc(C)cc2)c(OC)c1C. The van der Waals surface area contributed by atoms with Gasteiger partial charge in [0.25, 0.3) is 10.0 Å². The largest absolute Gasteiger partial charge is 0.496 e. The average Bonchev–Trinajstić information content (AvgIpc) is 2.48. The smallest absolute Gasteiger partial charge is 0.262 e. The van der Waals surface area contributed by atoms with Crippen LogP contribution in [0.15, 0.2) is 41.3 Å². The van der Waals surface area contributed by atoms with Gasteiger partial charge in [0.05, 0.1) is 24.8 Å². The lowest BCUT2D eigenvalue weighted by Crippen LogP contribution is -2.14. The van der Waals surface area contributed by atoms with Gasteiger partial charge in [0, 0.05) is 5.56 Å². The van der Waals surface area contributed by atoms with E-state index >= 15 is 0 Å². The highest BCUT2D eigenvalue weighted by Gasteiger charge is 2.18. The van der Waals surface area contributed by atoms with Gasteiger partial charge >= 0.3 is 0 Å². The van der Waals surface area contributed by atoms with Crippen LogP contribution in [0.5, 0.6) is 11.5 Å². The molecule has 0 bridgehead atoms. The Morgan fingerprint density at radius 3 is 2.09 bits per heavy atom. The average molecular weight is 321 g/mol. The van der Waals surface area contributed by atoms with Gasteiger partial charge in [-0.25, -0.2) is 8.42 Å². The second-order valence-electron chi connectivity index (χ2n) is 4.89. The summed E-state index contributed by atoms with van der Waals surface area (Å²) in [5.41, 5.74) is 2.10. The molecule has 5 nitrogen and oxygen atoms in total. The third-order valence-electron chi connectivity index (χ3n) is 3.36. The lowest BCUT2D eigenvalue weighted by Gasteiger charge is -2.16. The zero-order chi connectivity index (χ0) is 16.3. The van der Waals surface area contributed by atoms with Gasteiger partial charge in [-0.05, 0) is 38.1 Å². The van der Waals surface area contributed by atoms with Crippen LogP contribution < -0.4 is 14.2 Å². The maximum absolute atomic E-state index is 12.4. The maximum atomic E-state index is 12.4. The molecule has 0 spiro atoms. The zero-order valence-corrected chi connectivity index (χ0v) is 13.8. The minimum atomic E-state index is -3.67. The van der Waals surface area contributed by atoms with Gasteiger partial charge in [0.15, 0.2) is 0 Å². The van der Waals surface area contributed by atoms with Crippen molar-refractivity contribution in [2.45, 2.75) is 18.7 Å². The number of hydrogen-bond donors (Lipinski definition) is 1. The lowest BCUT2D eigenvalue weighted by atomic mass is 10.2. The van der Waals surface area contributed by atoms with E-state index in [9.17, 15) is 8.42 Å². The molecule has 0 saturated carbocycles. The standard InChI is InChI=1S/C16H19NO4S/c1-11-5-7-13(8-6-11)22(18,19)17-14-9-10-15(20-3)12(2)16(14)21-4/h5-10,17H,1-4H3. The summed E-state index contributed by atoms with van der Waals surface area (Å²) in [5, 5.41) is 0. The molecule has 22 heavy (non-hydrogen) atoms. The van der Waals surface area contributed by atoms with Crippen molar-refractivity contribution < 1.29 is 17.9 Å². The van der Waals surface area contributed by atoms with Crippen LogP contribution in [-0.2, 0) is 10.0 Å². The summed E-state index contributed by atoms with van der Waals surface area (Å²) in [6.45, 7) is 3.71. The van der Waals surface area contributed by atoms with Crippen LogP contribution in [0.1, 0.15) is 11.1 Å². The first-order valence-corrected chi connectivity index (χ1v) is 8.18. The number of sulfonamides is 1. The molecule has 0 heterocycles. The van der Waals surface area contributed by atoms with Crippen molar-refractivity contribution in [2.24, 2.45) is 0 Å². The number of hydrogen-bond acceptors (Lipinski definition) is 4. The summed E-state index contributed by atoms with van der Waals surface area (Å²) in [6.07, 6.45) is 0. The van der Waals surface area contributed by atoms with E-state index in [1.807, 2.05) is 6.92 Å². The first-order chi connectivity index (χ1) is 10.4. The molecular formula is C16H19NO4S. The topological polar surface area (TPSA) is 64.6 Å². The van der Waals surface area contributed by atoms with Gasteiger partial charge < -0.3 is 9.47 Å². The number of ether oxygens (including phenoxy) is 2. The summed E-state index contributed by atoms with van der Waals surface area (Å²) in [4.78, 5) is 0.202. The molecule has 0 atom stereocenters. The molecule has 2 rings (SSSR count). The van der Waals surface area contributed by atoms with Gasteiger partial charge in [-0.3, -0.25) is 4.72 Å². The number of rotatable bonds is 5. The van der Waals surface area contributed by atoms with Gasteiger partial charge in [0.2, 0.25) is 0 Å². The highest BCUT2D eigenvalue weighted by atomic mass is 32.2. The van der Waals surface area contributed by atoms with E-state index in [1.165, 1.54) is 7.11 Å². The van der Waals surface area contributed by atoms with Crippen molar-refractivity contribution in [1.82, 2.24) is 0 Å². The summed E-state index contributed by atoms with van der Waals surface area (Å²) < 4.78 is 38.0. The van der Waals surface area contributed by atoms with Crippen LogP contribution >= 0.6 is 0 Å². The Morgan fingerprint density at radius 2 is 1.55 bits per heavy atom. The van der Waals surface area contributed by atoms with Crippen molar-refractivity contribution in [3.63, 3.8) is 0 Å². The van der Waals surface area contributed by atoms with Crippen molar-refractivity contribution in [2.75, 3.05) is 18.9 Å². The van der Waals surface area contributed by atoms with Gasteiger partial charge in [-0.15, -0.1) is 0 Å². The second kappa shape index (κ2) is 6.27. The van der Waals surface area contributed by atoms with E-state index in [0.717, 1.165) is 11.1 Å². The molecule has 0 fully saturated rings. The fourth-order valence-corrected chi connectivity index (χ4v) is 3.22. The molecule has 0 radical (unpaired) electrons. The predicted molar refractivity (Wildman–Crippen MR) is 86.3 cm³/mol. The minimum absolute atomic E-state index is 0.202. The molecule has 6 heteroatoms. The monoisotopic (exact) mass is 321 g/mol. The molecule has 0 aliphatic heterocycles. The third-order valence-corrected chi connectivity index (χ3v) is 4.74. The molecule has 0 amide bonds. The van der Waals surface area contributed by atoms with Crippen LogP contribution in [0.3, 0.4) is 0 Å². The number of aryl methyl sites for hydroxylation is 1. The Balaban J connectivity index is 2.41. The molecular weight excluding hydrogens is 302 g/mol. The van der Waals surface area contributed by atoms with Crippen LogP contribution in [-0.4, -0.2) is 22.6 Å². The van der Waals surface area contributed by atoms with E-state index < -0.39 is 10.0 Å². The second-order valence-corrected chi connectivity index (χ2v) is 6.57. The van der Waals surface area contributed by atoms with Gasteiger partial charge in [-0.2, -0.15) is 0 Å². The normalized spacial score (nSPS) is 11.1. The van der Waals surface area contributed by atoms with Gasteiger partial charge in [-0.1, -0.05) is 17.7 Å². The molecule has 118 valence electrons. The van der Waals surface area contributed by atoms with E-state index in [4.69, 9.17) is 9.47 Å². The molecule has 0 saturated heterocycles. The van der Waals surface area contributed by atoms with Crippen molar-refractivity contribution in [1.29, 1.82) is 0 Å². The molecule has 0 aliphatic rings. The van der Waals surface area contributed by atoms with Crippen molar-refractivity contribution in [3.05, 3.63) is 47.5 Å². The number of benzene rings is 2. The number of methoxy groups -OCH3 is 2. The number of nitrogens with one attached hydrogen (secondary N) is 1. The van der Waals surface area contributed by atoms with Crippen LogP contribution in [0.25, 0.3) is 0 Å². The predicted octanol–water partition coefficient (Wildman–Crippen LogP) is 3.12. The van der Waals surface area contributed by atoms with Crippen molar-refractivity contribution in [3.8, 4) is 11.5 Å². The fourth-order valence-electron chi connectivity index (χ4n) is 2.16. The summed E-state index contributed by atoms with van der Waals surface area (Å²) in [5.74, 6) is 1.07. The first-order valence-electron chi connectivity index (χ1n) is 6.70. The first kappa shape index (κ1) is 16.2. The Labute approximate surface area is 130 Å². The summed E-state index contributed by atoms with van der Waals surface area (Å²) in [6, 6.07) is 9.97. The highest BCUT2D eigenvalue weighted by molar-refractivity contribution is 7.92. The maximum Gasteiger partial charge on any atom is 0.262 e. The Bertz CT molecular complexity index is 767. The fraction of sp³-hybridized carbons (Fsp3) is 0.250. The van der Waals surface area contributed by atoms with Crippen LogP contribution in [0.4, 0.5) is 5.69 Å². The van der Waals surface area contributed by atoms with E-state index in [-0.39, 0.29) is 4.90 Å². The van der Waals surface area contributed by atoms with Gasteiger partial charge in [0.1, 0.15) is 11.5 Å². The molecule has 2 aromatic carbocycles. The number of anilines is 1. The molecule has 2 aromatic rings. The lowest BCUT2D eigenvalue weighted by molar-refractivity contribution is 0.390. The molecule has 0 aromatic heterocycles. The Kier molecular flexibility index (Phi) is 4.61. The Morgan fingerprint density at radius 1 is 0.909 bits per heavy atom. The van der Waals surface area contributed by atoms with E-state index in [2.05, 4.69) is 4.72 Å². The summed E-state index contributed by atoms with van der Waals surface area (Å²) >= 11 is 0. The van der Waals surface area contributed by atoms with Crippen molar-refractivity contribution >= 4 is 15.7 Å².